The number of ether oxygens (including phenoxy) is 1. The molecule has 0 bridgehead atoms. The molecule has 0 amide bonds. The van der Waals surface area contributed by atoms with E-state index in [4.69, 9.17) is 4.74 Å². The highest BCUT2D eigenvalue weighted by atomic mass is 19.1. The van der Waals surface area contributed by atoms with Crippen molar-refractivity contribution in [3.8, 4) is 0 Å². The van der Waals surface area contributed by atoms with Crippen molar-refractivity contribution in [2.75, 3.05) is 6.61 Å². The highest BCUT2D eigenvalue weighted by Gasteiger charge is 2.24. The van der Waals surface area contributed by atoms with Crippen molar-refractivity contribution in [3.63, 3.8) is 0 Å². The topological polar surface area (TPSA) is 9.23 Å². The average molecular weight is 587 g/mol. The highest BCUT2D eigenvalue weighted by molar-refractivity contribution is 5.36. The SMILES string of the molecule is CCCCCc1cc(F)c(CCc2cc(F)c(CCc3c(C)cc(C4CCC(CCC)CO4)cc3F)cc2F)cc1F. The van der Waals surface area contributed by atoms with Crippen molar-refractivity contribution in [2.45, 2.75) is 104 Å². The Morgan fingerprint density at radius 1 is 0.619 bits per heavy atom. The molecule has 0 saturated carbocycles. The fourth-order valence-corrected chi connectivity index (χ4v) is 6.13. The van der Waals surface area contributed by atoms with Gasteiger partial charge in [0.1, 0.15) is 29.1 Å². The van der Waals surface area contributed by atoms with Crippen LogP contribution in [0.25, 0.3) is 0 Å². The van der Waals surface area contributed by atoms with E-state index in [9.17, 15) is 17.6 Å². The minimum atomic E-state index is -0.605. The van der Waals surface area contributed by atoms with Gasteiger partial charge >= 0.3 is 0 Å². The Morgan fingerprint density at radius 2 is 1.17 bits per heavy atom. The molecule has 0 aliphatic carbocycles. The summed E-state index contributed by atoms with van der Waals surface area (Å²) in [5.74, 6) is -1.98. The maximum Gasteiger partial charge on any atom is 0.127 e. The van der Waals surface area contributed by atoms with E-state index >= 15 is 4.39 Å². The number of halogens is 5. The third-order valence-electron chi connectivity index (χ3n) is 8.67. The molecule has 0 spiro atoms. The van der Waals surface area contributed by atoms with E-state index in [1.807, 2.05) is 19.9 Å². The van der Waals surface area contributed by atoms with Gasteiger partial charge in [0.05, 0.1) is 12.7 Å². The van der Waals surface area contributed by atoms with Crippen molar-refractivity contribution in [3.05, 3.63) is 104 Å². The van der Waals surface area contributed by atoms with Gasteiger partial charge in [-0.25, -0.2) is 22.0 Å². The Hall–Kier alpha value is -2.73. The van der Waals surface area contributed by atoms with Gasteiger partial charge in [0, 0.05) is 0 Å². The number of hydrogen-bond acceptors (Lipinski definition) is 1. The van der Waals surface area contributed by atoms with Crippen LogP contribution in [0, 0.1) is 41.9 Å². The Kier molecular flexibility index (Phi) is 11.6. The van der Waals surface area contributed by atoms with E-state index in [-0.39, 0.29) is 54.3 Å². The largest absolute Gasteiger partial charge is 0.373 e. The van der Waals surface area contributed by atoms with Crippen LogP contribution in [0.3, 0.4) is 0 Å². The lowest BCUT2D eigenvalue weighted by atomic mass is 9.90. The van der Waals surface area contributed by atoms with Crippen LogP contribution >= 0.6 is 0 Å². The van der Waals surface area contributed by atoms with Gasteiger partial charge in [-0.1, -0.05) is 39.2 Å². The lowest BCUT2D eigenvalue weighted by molar-refractivity contribution is -0.0196. The molecule has 1 heterocycles. The quantitative estimate of drug-likeness (QED) is 0.143. The lowest BCUT2D eigenvalue weighted by Gasteiger charge is -2.29. The smallest absolute Gasteiger partial charge is 0.127 e. The Morgan fingerprint density at radius 3 is 1.64 bits per heavy atom. The average Bonchev–Trinajstić information content (AvgIpc) is 2.96. The van der Waals surface area contributed by atoms with Gasteiger partial charge in [0.25, 0.3) is 0 Å². The van der Waals surface area contributed by atoms with Crippen molar-refractivity contribution < 1.29 is 26.7 Å². The van der Waals surface area contributed by atoms with Crippen LogP contribution in [0.15, 0.2) is 36.4 Å². The summed E-state index contributed by atoms with van der Waals surface area (Å²) < 4.78 is 80.2. The van der Waals surface area contributed by atoms with E-state index < -0.39 is 23.3 Å². The third kappa shape index (κ3) is 8.21. The van der Waals surface area contributed by atoms with Gasteiger partial charge in [-0.15, -0.1) is 0 Å². The monoisotopic (exact) mass is 586 g/mol. The molecule has 1 nitrogen and oxygen atoms in total. The first-order chi connectivity index (χ1) is 20.2. The van der Waals surface area contributed by atoms with E-state index in [0.29, 0.717) is 30.1 Å². The number of aryl methyl sites for hydroxylation is 5. The molecule has 1 aliphatic heterocycles. The summed E-state index contributed by atoms with van der Waals surface area (Å²) >= 11 is 0. The summed E-state index contributed by atoms with van der Waals surface area (Å²) in [5.41, 5.74) is 2.83. The molecule has 228 valence electrons. The standard InChI is InChI=1S/C36H43F5O/c1-4-6-7-9-25-17-32(38)26(18-31(25)37)11-12-27-19-34(40)28(20-33(27)39)13-14-30-23(3)16-29(21-35(30)41)36-15-10-24(8-5-2)22-42-36/h16-21,24,36H,4-15,22H2,1-3H3. The number of rotatable bonds is 13. The van der Waals surface area contributed by atoms with Crippen LogP contribution in [0.4, 0.5) is 22.0 Å². The molecule has 4 rings (SSSR count). The van der Waals surface area contributed by atoms with Gasteiger partial charge in [0.2, 0.25) is 0 Å². The summed E-state index contributed by atoms with van der Waals surface area (Å²) in [7, 11) is 0. The molecule has 1 aliphatic rings. The van der Waals surface area contributed by atoms with E-state index in [1.54, 1.807) is 0 Å². The van der Waals surface area contributed by atoms with Crippen LogP contribution in [0.5, 0.6) is 0 Å². The summed E-state index contributed by atoms with van der Waals surface area (Å²) in [6, 6.07) is 8.12. The molecule has 3 aromatic rings. The van der Waals surface area contributed by atoms with Crippen LogP contribution in [0.1, 0.15) is 104 Å². The molecule has 0 N–H and O–H groups in total. The number of unbranched alkanes of at least 4 members (excludes halogenated alkanes) is 2. The summed E-state index contributed by atoms with van der Waals surface area (Å²) in [4.78, 5) is 0. The van der Waals surface area contributed by atoms with Crippen LogP contribution < -0.4 is 0 Å². The summed E-state index contributed by atoms with van der Waals surface area (Å²) in [6.45, 7) is 6.74. The van der Waals surface area contributed by atoms with E-state index in [2.05, 4.69) is 6.92 Å². The van der Waals surface area contributed by atoms with Gasteiger partial charge < -0.3 is 4.74 Å². The van der Waals surface area contributed by atoms with Crippen LogP contribution in [-0.2, 0) is 36.8 Å². The summed E-state index contributed by atoms with van der Waals surface area (Å²) in [5, 5.41) is 0. The lowest BCUT2D eigenvalue weighted by Crippen LogP contribution is -2.21. The minimum Gasteiger partial charge on any atom is -0.373 e. The molecule has 2 atom stereocenters. The molecule has 3 aromatic carbocycles. The van der Waals surface area contributed by atoms with Crippen molar-refractivity contribution in [2.24, 2.45) is 5.92 Å². The van der Waals surface area contributed by atoms with Crippen molar-refractivity contribution >= 4 is 0 Å². The molecular formula is C36H43F5O. The molecule has 1 fully saturated rings. The fraction of sp³-hybridized carbons (Fsp3) is 0.500. The zero-order valence-electron chi connectivity index (χ0n) is 25.1. The Bertz CT molecular complexity index is 1320. The maximum atomic E-state index is 15.2. The maximum absolute atomic E-state index is 15.2. The predicted molar refractivity (Wildman–Crippen MR) is 158 cm³/mol. The van der Waals surface area contributed by atoms with Crippen molar-refractivity contribution in [1.82, 2.24) is 0 Å². The second-order valence-electron chi connectivity index (χ2n) is 11.9. The molecule has 2 unspecified atom stereocenters. The number of benzene rings is 3. The first-order valence-corrected chi connectivity index (χ1v) is 15.5. The van der Waals surface area contributed by atoms with Gasteiger partial charge in [-0.3, -0.25) is 0 Å². The van der Waals surface area contributed by atoms with Gasteiger partial charge in [-0.2, -0.15) is 0 Å². The highest BCUT2D eigenvalue weighted by Crippen LogP contribution is 2.34. The zero-order valence-corrected chi connectivity index (χ0v) is 25.1. The minimum absolute atomic E-state index is 0.0339. The summed E-state index contributed by atoms with van der Waals surface area (Å²) in [6.07, 6.45) is 7.73. The van der Waals surface area contributed by atoms with Crippen molar-refractivity contribution in [1.29, 1.82) is 0 Å². The first kappa shape index (κ1) is 32.2. The molecule has 42 heavy (non-hydrogen) atoms. The molecule has 1 saturated heterocycles. The normalized spacial score (nSPS) is 17.1. The Balaban J connectivity index is 1.37. The second kappa shape index (κ2) is 15.1. The van der Waals surface area contributed by atoms with E-state index in [0.717, 1.165) is 68.2 Å². The first-order valence-electron chi connectivity index (χ1n) is 15.5. The van der Waals surface area contributed by atoms with Crippen LogP contribution in [-0.4, -0.2) is 6.61 Å². The van der Waals surface area contributed by atoms with E-state index in [1.165, 1.54) is 18.2 Å². The Labute approximate surface area is 247 Å². The number of hydrogen-bond donors (Lipinski definition) is 0. The predicted octanol–water partition coefficient (Wildman–Crippen LogP) is 10.3. The molecule has 0 radical (unpaired) electrons. The van der Waals surface area contributed by atoms with Crippen LogP contribution in [0.2, 0.25) is 0 Å². The molecular weight excluding hydrogens is 543 g/mol. The zero-order chi connectivity index (χ0) is 30.2. The second-order valence-corrected chi connectivity index (χ2v) is 11.9. The molecule has 0 aromatic heterocycles. The molecule has 6 heteroatoms. The fourth-order valence-electron chi connectivity index (χ4n) is 6.13. The van der Waals surface area contributed by atoms with Gasteiger partial charge in [-0.05, 0) is 140 Å². The van der Waals surface area contributed by atoms with Gasteiger partial charge in [0.15, 0.2) is 0 Å². The third-order valence-corrected chi connectivity index (χ3v) is 8.67.